The van der Waals surface area contributed by atoms with Crippen molar-refractivity contribution in [2.24, 2.45) is 5.92 Å². The first-order valence-corrected chi connectivity index (χ1v) is 9.58. The highest BCUT2D eigenvalue weighted by Crippen LogP contribution is 2.41. The van der Waals surface area contributed by atoms with E-state index in [2.05, 4.69) is 11.8 Å². The molecule has 1 atom stereocenters. The first-order valence-electron chi connectivity index (χ1n) is 8.76. The van der Waals surface area contributed by atoms with Crippen LogP contribution in [0.4, 0.5) is 5.82 Å². The van der Waals surface area contributed by atoms with Crippen molar-refractivity contribution in [2.45, 2.75) is 58.8 Å². The van der Waals surface area contributed by atoms with Gasteiger partial charge in [-0.15, -0.1) is 11.3 Å². The molecule has 2 aromatic rings. The van der Waals surface area contributed by atoms with Crippen molar-refractivity contribution >= 4 is 27.4 Å². The smallest absolute Gasteiger partial charge is 0.141 e. The molecule has 0 radical (unpaired) electrons. The summed E-state index contributed by atoms with van der Waals surface area (Å²) in [6.45, 7) is 6.74. The summed E-state index contributed by atoms with van der Waals surface area (Å²) >= 11 is 1.92. The minimum absolute atomic E-state index is 0.816. The number of fused-ring (bicyclic) bond motifs is 3. The summed E-state index contributed by atoms with van der Waals surface area (Å²) in [5.41, 5.74) is 1.57. The number of nitrogens with zero attached hydrogens (tertiary/aromatic N) is 3. The van der Waals surface area contributed by atoms with Gasteiger partial charge in [-0.25, -0.2) is 9.97 Å². The molecular weight excluding hydrogens is 290 g/mol. The molecule has 0 spiro atoms. The number of rotatable bonds is 1. The van der Waals surface area contributed by atoms with Crippen LogP contribution in [0.1, 0.15) is 55.3 Å². The van der Waals surface area contributed by atoms with Gasteiger partial charge in [-0.05, 0) is 50.5 Å². The summed E-state index contributed by atoms with van der Waals surface area (Å²) in [6, 6.07) is 0. The summed E-state index contributed by atoms with van der Waals surface area (Å²) in [6.07, 6.45) is 9.08. The lowest BCUT2D eigenvalue weighted by Gasteiger charge is -2.24. The second-order valence-electron chi connectivity index (χ2n) is 7.03. The molecule has 1 aliphatic carbocycles. The van der Waals surface area contributed by atoms with Gasteiger partial charge < -0.3 is 4.90 Å². The highest BCUT2D eigenvalue weighted by molar-refractivity contribution is 7.19. The highest BCUT2D eigenvalue weighted by Gasteiger charge is 2.25. The Labute approximate surface area is 136 Å². The lowest BCUT2D eigenvalue weighted by Crippen LogP contribution is -2.25. The van der Waals surface area contributed by atoms with Gasteiger partial charge in [-0.2, -0.15) is 0 Å². The molecule has 22 heavy (non-hydrogen) atoms. The average molecular weight is 315 g/mol. The number of aromatic nitrogens is 2. The van der Waals surface area contributed by atoms with E-state index in [9.17, 15) is 0 Å². The fourth-order valence-corrected chi connectivity index (χ4v) is 5.36. The molecular formula is C18H25N3S. The van der Waals surface area contributed by atoms with Gasteiger partial charge in [-0.1, -0.05) is 19.8 Å². The molecule has 3 nitrogen and oxygen atoms in total. The summed E-state index contributed by atoms with van der Waals surface area (Å²) in [7, 11) is 0. The molecule has 3 heterocycles. The molecule has 0 bridgehead atoms. The van der Waals surface area contributed by atoms with Gasteiger partial charge in [0.1, 0.15) is 16.5 Å². The fourth-order valence-electron chi connectivity index (χ4n) is 3.94. The van der Waals surface area contributed by atoms with Crippen molar-refractivity contribution in [3.05, 3.63) is 16.3 Å². The van der Waals surface area contributed by atoms with Crippen molar-refractivity contribution in [1.82, 2.24) is 9.97 Å². The normalized spacial score (nSPS) is 22.6. The second-order valence-corrected chi connectivity index (χ2v) is 8.11. The number of thiophene rings is 1. The summed E-state index contributed by atoms with van der Waals surface area (Å²) in [5.74, 6) is 2.98. The lowest BCUT2D eigenvalue weighted by atomic mass is 9.89. The fraction of sp³-hybridized carbons (Fsp3) is 0.667. The standard InChI is InChI=1S/C18H25N3S/c1-12-7-8-14-15(11-12)22-18-16(14)17(19-13(2)20-18)21-9-5-3-4-6-10-21/h12H,3-11H2,1-2H3/t12-/m0/s1. The second kappa shape index (κ2) is 5.80. The Morgan fingerprint density at radius 3 is 2.64 bits per heavy atom. The first kappa shape index (κ1) is 14.4. The number of hydrogen-bond acceptors (Lipinski definition) is 4. The molecule has 1 fully saturated rings. The molecule has 4 heteroatoms. The molecule has 4 rings (SSSR count). The minimum Gasteiger partial charge on any atom is -0.356 e. The molecule has 1 aliphatic heterocycles. The zero-order chi connectivity index (χ0) is 15.1. The Morgan fingerprint density at radius 1 is 1.09 bits per heavy atom. The molecule has 1 saturated heterocycles. The zero-order valence-corrected chi connectivity index (χ0v) is 14.5. The number of anilines is 1. The maximum absolute atomic E-state index is 4.89. The lowest BCUT2D eigenvalue weighted by molar-refractivity contribution is 0.509. The predicted molar refractivity (Wildman–Crippen MR) is 94.0 cm³/mol. The number of hydrogen-bond donors (Lipinski definition) is 0. The molecule has 2 aromatic heterocycles. The van der Waals surface area contributed by atoms with E-state index in [1.54, 1.807) is 10.4 Å². The van der Waals surface area contributed by atoms with E-state index in [0.29, 0.717) is 0 Å². The van der Waals surface area contributed by atoms with Gasteiger partial charge in [0.15, 0.2) is 0 Å². The maximum Gasteiger partial charge on any atom is 0.141 e. The maximum atomic E-state index is 4.89. The van der Waals surface area contributed by atoms with Crippen molar-refractivity contribution < 1.29 is 0 Å². The van der Waals surface area contributed by atoms with Crippen molar-refractivity contribution in [1.29, 1.82) is 0 Å². The first-order chi connectivity index (χ1) is 10.7. The summed E-state index contributed by atoms with van der Waals surface area (Å²) < 4.78 is 0. The third kappa shape index (κ3) is 2.51. The van der Waals surface area contributed by atoms with Gasteiger partial charge in [0, 0.05) is 18.0 Å². The third-order valence-corrected chi connectivity index (χ3v) is 6.30. The number of aryl methyl sites for hydroxylation is 2. The molecule has 0 aromatic carbocycles. The molecule has 118 valence electrons. The molecule has 2 aliphatic rings. The van der Waals surface area contributed by atoms with Crippen LogP contribution in [0.15, 0.2) is 0 Å². The Bertz CT molecular complexity index is 683. The van der Waals surface area contributed by atoms with Crippen LogP contribution >= 0.6 is 11.3 Å². The third-order valence-electron chi connectivity index (χ3n) is 5.15. The van der Waals surface area contributed by atoms with E-state index < -0.39 is 0 Å². The van der Waals surface area contributed by atoms with Gasteiger partial charge in [0.25, 0.3) is 0 Å². The molecule has 0 saturated carbocycles. The summed E-state index contributed by atoms with van der Waals surface area (Å²) in [4.78, 5) is 15.0. The largest absolute Gasteiger partial charge is 0.356 e. The van der Waals surface area contributed by atoms with Crippen LogP contribution < -0.4 is 4.90 Å². The highest BCUT2D eigenvalue weighted by atomic mass is 32.1. The summed E-state index contributed by atoms with van der Waals surface area (Å²) in [5, 5.41) is 1.39. The molecule has 0 N–H and O–H groups in total. The van der Waals surface area contributed by atoms with Crippen LogP contribution in [0, 0.1) is 12.8 Å². The Balaban J connectivity index is 1.85. The van der Waals surface area contributed by atoms with Crippen LogP contribution in [-0.4, -0.2) is 23.1 Å². The topological polar surface area (TPSA) is 29.0 Å². The van der Waals surface area contributed by atoms with Crippen LogP contribution in [-0.2, 0) is 12.8 Å². The van der Waals surface area contributed by atoms with Gasteiger partial charge in [0.2, 0.25) is 0 Å². The van der Waals surface area contributed by atoms with Gasteiger partial charge >= 0.3 is 0 Å². The van der Waals surface area contributed by atoms with Crippen molar-refractivity contribution in [2.75, 3.05) is 18.0 Å². The zero-order valence-electron chi connectivity index (χ0n) is 13.7. The minimum atomic E-state index is 0.816. The Hall–Kier alpha value is -1.16. The Kier molecular flexibility index (Phi) is 3.81. The van der Waals surface area contributed by atoms with E-state index in [-0.39, 0.29) is 0 Å². The van der Waals surface area contributed by atoms with E-state index in [1.165, 1.54) is 61.0 Å². The van der Waals surface area contributed by atoms with Crippen LogP contribution in [0.5, 0.6) is 0 Å². The monoisotopic (exact) mass is 315 g/mol. The van der Waals surface area contributed by atoms with Crippen LogP contribution in [0.25, 0.3) is 10.2 Å². The van der Waals surface area contributed by atoms with Crippen molar-refractivity contribution in [3.8, 4) is 0 Å². The molecule has 0 unspecified atom stereocenters. The average Bonchev–Trinajstić information content (AvgIpc) is 2.68. The van der Waals surface area contributed by atoms with Crippen molar-refractivity contribution in [3.63, 3.8) is 0 Å². The van der Waals surface area contributed by atoms with Crippen LogP contribution in [0.2, 0.25) is 0 Å². The Morgan fingerprint density at radius 2 is 1.86 bits per heavy atom. The van der Waals surface area contributed by atoms with Gasteiger partial charge in [-0.3, -0.25) is 0 Å². The quantitative estimate of drug-likeness (QED) is 0.775. The van der Waals surface area contributed by atoms with E-state index in [1.807, 2.05) is 18.3 Å². The van der Waals surface area contributed by atoms with E-state index in [4.69, 9.17) is 9.97 Å². The van der Waals surface area contributed by atoms with E-state index in [0.717, 1.165) is 24.8 Å². The van der Waals surface area contributed by atoms with Gasteiger partial charge in [0.05, 0.1) is 5.39 Å². The van der Waals surface area contributed by atoms with Crippen LogP contribution in [0.3, 0.4) is 0 Å². The van der Waals surface area contributed by atoms with E-state index >= 15 is 0 Å². The SMILES string of the molecule is Cc1nc(N2CCCCCC2)c2c3c(sc2n1)C[C@@H](C)CC3. The molecule has 0 amide bonds. The predicted octanol–water partition coefficient (Wildman–Crippen LogP) is 4.50.